The maximum Gasteiger partial charge on any atom is 0.419 e. The number of alkyl halides is 3. The van der Waals surface area contributed by atoms with E-state index in [1.165, 1.54) is 0 Å². The highest BCUT2D eigenvalue weighted by Crippen LogP contribution is 2.46. The summed E-state index contributed by atoms with van der Waals surface area (Å²) in [6.07, 6.45) is -4.77. The summed E-state index contributed by atoms with van der Waals surface area (Å²) in [5, 5.41) is 3.71. The van der Waals surface area contributed by atoms with Crippen LogP contribution in [0.2, 0.25) is 0 Å². The van der Waals surface area contributed by atoms with Gasteiger partial charge >= 0.3 is 6.18 Å². The molecule has 0 aliphatic heterocycles. The smallest absolute Gasteiger partial charge is 0.309 e. The van der Waals surface area contributed by atoms with Crippen LogP contribution in [-0.4, -0.2) is 24.1 Å². The largest absolute Gasteiger partial charge is 0.419 e. The third-order valence-electron chi connectivity index (χ3n) is 13.6. The van der Waals surface area contributed by atoms with Crippen molar-refractivity contribution < 1.29 is 13.2 Å². The van der Waals surface area contributed by atoms with Crippen LogP contribution in [0.25, 0.3) is 123 Å². The van der Waals surface area contributed by atoms with E-state index in [9.17, 15) is 0 Å². The zero-order chi connectivity index (χ0) is 48.3. The molecule has 3 aromatic heterocycles. The number of hydrogen-bond donors (Lipinski definition) is 0. The molecule has 13 aromatic rings. The molecular weight excluding hydrogens is 896 g/mol. The first kappa shape index (κ1) is 42.7. The lowest BCUT2D eigenvalue weighted by Gasteiger charge is -2.21. The molecule has 342 valence electrons. The van der Waals surface area contributed by atoms with Gasteiger partial charge in [-0.25, -0.2) is 15.0 Å². The van der Waals surface area contributed by atoms with Crippen LogP contribution in [-0.2, 0) is 6.18 Å². The summed E-state index contributed by atoms with van der Waals surface area (Å²) in [4.78, 5) is 15.3. The minimum Gasteiger partial charge on any atom is -0.309 e. The van der Waals surface area contributed by atoms with Gasteiger partial charge in [-0.15, -0.1) is 0 Å². The van der Waals surface area contributed by atoms with Crippen molar-refractivity contribution in [3.05, 3.63) is 248 Å². The Morgan fingerprint density at radius 3 is 1.19 bits per heavy atom. The highest BCUT2D eigenvalue weighted by molar-refractivity contribution is 6.12. The van der Waals surface area contributed by atoms with E-state index in [-0.39, 0.29) is 11.3 Å². The molecule has 10 aromatic carbocycles. The number of rotatable bonds is 8. The van der Waals surface area contributed by atoms with E-state index >= 15 is 13.2 Å². The average Bonchev–Trinajstić information content (AvgIpc) is 3.95. The van der Waals surface area contributed by atoms with E-state index in [0.717, 1.165) is 66.0 Å². The first-order valence-corrected chi connectivity index (χ1v) is 23.8. The van der Waals surface area contributed by atoms with Gasteiger partial charge in [0.1, 0.15) is 0 Å². The van der Waals surface area contributed by atoms with E-state index in [1.54, 1.807) is 28.8 Å². The van der Waals surface area contributed by atoms with Gasteiger partial charge in [0.2, 0.25) is 0 Å². The Labute approximate surface area is 412 Å². The summed E-state index contributed by atoms with van der Waals surface area (Å²) in [5.74, 6) is 1.32. The third kappa shape index (κ3) is 7.31. The molecule has 0 aliphatic rings. The second-order valence-electron chi connectivity index (χ2n) is 17.9. The van der Waals surface area contributed by atoms with Crippen molar-refractivity contribution in [2.45, 2.75) is 6.18 Å². The first-order valence-electron chi connectivity index (χ1n) is 23.8. The van der Waals surface area contributed by atoms with Crippen LogP contribution < -0.4 is 0 Å². The summed E-state index contributed by atoms with van der Waals surface area (Å²) in [6.45, 7) is 0. The predicted octanol–water partition coefficient (Wildman–Crippen LogP) is 17.1. The first-order chi connectivity index (χ1) is 35.4. The second kappa shape index (κ2) is 17.2. The molecule has 0 saturated carbocycles. The van der Waals surface area contributed by atoms with Gasteiger partial charge in [0.15, 0.2) is 17.5 Å². The Kier molecular flexibility index (Phi) is 10.2. The van der Waals surface area contributed by atoms with Gasteiger partial charge in [-0.05, 0) is 88.0 Å². The molecule has 0 bridgehead atoms. The molecule has 0 saturated heterocycles. The topological polar surface area (TPSA) is 48.5 Å². The highest BCUT2D eigenvalue weighted by Gasteiger charge is 2.38. The van der Waals surface area contributed by atoms with E-state index in [2.05, 4.69) is 53.1 Å². The molecule has 0 fully saturated rings. The SMILES string of the molecule is FC(F)(F)c1c(-c2ccc(-c3nc(-c4ccccc4)nc(-c4ccccc4)n3)c(-n3c4ccccc4c4cc(-c5ccccc5)ccc43)c2)cccc1-n1c2ccccc2c2cc(-c3ccccc3)ccc21. The Morgan fingerprint density at radius 1 is 0.278 bits per heavy atom. The minimum atomic E-state index is -4.77. The van der Waals surface area contributed by atoms with Gasteiger partial charge in [0.25, 0.3) is 0 Å². The van der Waals surface area contributed by atoms with Crippen molar-refractivity contribution >= 4 is 43.6 Å². The molecule has 0 aliphatic carbocycles. The maximum absolute atomic E-state index is 16.4. The molecule has 13 rings (SSSR count). The summed E-state index contributed by atoms with van der Waals surface area (Å²) in [5.41, 5.74) is 9.77. The number of benzene rings is 10. The van der Waals surface area contributed by atoms with Crippen molar-refractivity contribution in [1.29, 1.82) is 0 Å². The molecule has 5 nitrogen and oxygen atoms in total. The van der Waals surface area contributed by atoms with Gasteiger partial charge in [-0.3, -0.25) is 0 Å². The molecule has 0 unspecified atom stereocenters. The highest BCUT2D eigenvalue weighted by atomic mass is 19.4. The molecule has 0 amide bonds. The van der Waals surface area contributed by atoms with Crippen LogP contribution >= 0.6 is 0 Å². The van der Waals surface area contributed by atoms with Crippen LogP contribution in [0.5, 0.6) is 0 Å². The van der Waals surface area contributed by atoms with E-state index < -0.39 is 11.7 Å². The fraction of sp³-hybridized carbons (Fsp3) is 0.0156. The van der Waals surface area contributed by atoms with Crippen molar-refractivity contribution in [3.8, 4) is 78.9 Å². The van der Waals surface area contributed by atoms with Crippen molar-refractivity contribution in [2.24, 2.45) is 0 Å². The summed E-state index contributed by atoms with van der Waals surface area (Å²) in [6, 6.07) is 78.3. The number of para-hydroxylation sites is 2. The zero-order valence-electron chi connectivity index (χ0n) is 38.5. The fourth-order valence-electron chi connectivity index (χ4n) is 10.4. The molecule has 0 spiro atoms. The van der Waals surface area contributed by atoms with E-state index in [4.69, 9.17) is 15.0 Å². The van der Waals surface area contributed by atoms with Crippen LogP contribution in [0.4, 0.5) is 13.2 Å². The van der Waals surface area contributed by atoms with Crippen LogP contribution in [0.1, 0.15) is 5.56 Å². The van der Waals surface area contributed by atoms with Crippen LogP contribution in [0.3, 0.4) is 0 Å². The van der Waals surface area contributed by atoms with Crippen molar-refractivity contribution in [3.63, 3.8) is 0 Å². The molecule has 8 heteroatoms. The molecule has 72 heavy (non-hydrogen) atoms. The maximum atomic E-state index is 16.4. The average molecular weight is 936 g/mol. The number of nitrogens with zero attached hydrogens (tertiary/aromatic N) is 5. The van der Waals surface area contributed by atoms with Crippen LogP contribution in [0.15, 0.2) is 243 Å². The zero-order valence-corrected chi connectivity index (χ0v) is 38.5. The quantitative estimate of drug-likeness (QED) is 0.153. The Hall–Kier alpha value is -9.40. The normalized spacial score (nSPS) is 11.8. The standard InChI is InChI=1S/C64H40F3N5/c65-64(66,67)60-48(28-17-31-58(60)71-54-29-15-13-26-49(54)52-38-45(33-36-56(52)71)41-18-5-1-6-19-41)47-32-35-51(63-69-61(43-22-9-3-10-23-43)68-62(70-63)44-24-11-4-12-25-44)59(40-47)72-55-30-16-14-27-50(55)53-39-46(34-37-57(53)72)42-20-7-2-8-21-42/h1-40H. The molecule has 0 N–H and O–H groups in total. The monoisotopic (exact) mass is 935 g/mol. The number of fused-ring (bicyclic) bond motifs is 6. The van der Waals surface area contributed by atoms with E-state index in [1.807, 2.05) is 170 Å². The molecule has 0 radical (unpaired) electrons. The number of hydrogen-bond acceptors (Lipinski definition) is 3. The summed E-state index contributed by atoms with van der Waals surface area (Å²) in [7, 11) is 0. The van der Waals surface area contributed by atoms with Gasteiger partial charge in [0.05, 0.1) is 39.0 Å². The van der Waals surface area contributed by atoms with Gasteiger partial charge in [-0.1, -0.05) is 188 Å². The Balaban J connectivity index is 1.08. The molecule has 3 heterocycles. The summed E-state index contributed by atoms with van der Waals surface area (Å²) < 4.78 is 53.0. The van der Waals surface area contributed by atoms with Gasteiger partial charge < -0.3 is 9.13 Å². The number of aromatic nitrogens is 5. The molecule has 0 atom stereocenters. The van der Waals surface area contributed by atoms with Gasteiger partial charge in [0, 0.05) is 38.2 Å². The van der Waals surface area contributed by atoms with Crippen molar-refractivity contribution in [1.82, 2.24) is 24.1 Å². The van der Waals surface area contributed by atoms with Crippen LogP contribution in [0, 0.1) is 0 Å². The minimum absolute atomic E-state index is 0.0343. The number of halogens is 3. The Morgan fingerprint density at radius 2 is 0.694 bits per heavy atom. The second-order valence-corrected chi connectivity index (χ2v) is 17.9. The Bertz CT molecular complexity index is 4130. The third-order valence-corrected chi connectivity index (χ3v) is 13.6. The lowest BCUT2D eigenvalue weighted by molar-refractivity contribution is -0.136. The molecular formula is C64H40F3N5. The predicted molar refractivity (Wildman–Crippen MR) is 286 cm³/mol. The van der Waals surface area contributed by atoms with Gasteiger partial charge in [-0.2, -0.15) is 13.2 Å². The lowest BCUT2D eigenvalue weighted by Crippen LogP contribution is -2.13. The van der Waals surface area contributed by atoms with Crippen molar-refractivity contribution in [2.75, 3.05) is 0 Å². The fourth-order valence-corrected chi connectivity index (χ4v) is 10.4. The lowest BCUT2D eigenvalue weighted by atomic mass is 9.95. The summed E-state index contributed by atoms with van der Waals surface area (Å²) >= 11 is 0. The van der Waals surface area contributed by atoms with E-state index in [0.29, 0.717) is 45.3 Å².